The number of amides is 3. The second kappa shape index (κ2) is 9.10. The van der Waals surface area contributed by atoms with Crippen molar-refractivity contribution in [2.45, 2.75) is 38.6 Å². The summed E-state index contributed by atoms with van der Waals surface area (Å²) in [6.07, 6.45) is 6.01. The van der Waals surface area contributed by atoms with Crippen molar-refractivity contribution in [2.24, 2.45) is 5.41 Å². The van der Waals surface area contributed by atoms with E-state index < -0.39 is 11.5 Å². The molecule has 3 heterocycles. The molecule has 0 saturated carbocycles. The van der Waals surface area contributed by atoms with Gasteiger partial charge in [0, 0.05) is 45.5 Å². The first-order valence-corrected chi connectivity index (χ1v) is 11.2. The monoisotopic (exact) mass is 434 g/mol. The SMILES string of the molecule is CNC(=O)[C@]1(Cc2cccc(-c3cccnc3)c2)CCN(C(=O)[C@H](C)N2CCCC2=O)C1. The number of carbonyl (C=O) groups is 3. The Morgan fingerprint density at radius 3 is 2.69 bits per heavy atom. The number of hydrogen-bond donors (Lipinski definition) is 1. The van der Waals surface area contributed by atoms with Crippen LogP contribution in [-0.2, 0) is 20.8 Å². The first-order valence-electron chi connectivity index (χ1n) is 11.2. The van der Waals surface area contributed by atoms with Crippen molar-refractivity contribution in [3.05, 3.63) is 54.4 Å². The molecule has 2 aliphatic heterocycles. The maximum Gasteiger partial charge on any atom is 0.245 e. The zero-order valence-electron chi connectivity index (χ0n) is 18.7. The molecule has 2 aromatic rings. The third-order valence-electron chi connectivity index (χ3n) is 6.77. The van der Waals surface area contributed by atoms with Crippen LogP contribution in [0.1, 0.15) is 31.7 Å². The van der Waals surface area contributed by atoms with Gasteiger partial charge in [-0.3, -0.25) is 19.4 Å². The van der Waals surface area contributed by atoms with E-state index in [1.54, 1.807) is 30.0 Å². The number of nitrogens with one attached hydrogen (secondary N) is 1. The van der Waals surface area contributed by atoms with Crippen LogP contribution in [0.5, 0.6) is 0 Å². The first-order chi connectivity index (χ1) is 15.4. The molecule has 2 aliphatic rings. The number of nitrogens with zero attached hydrogens (tertiary/aromatic N) is 3. The second-order valence-corrected chi connectivity index (χ2v) is 8.85. The molecule has 0 aliphatic carbocycles. The first kappa shape index (κ1) is 22.0. The largest absolute Gasteiger partial charge is 0.359 e. The van der Waals surface area contributed by atoms with Gasteiger partial charge in [0.2, 0.25) is 17.7 Å². The predicted octanol–water partition coefficient (Wildman–Crippen LogP) is 2.27. The van der Waals surface area contributed by atoms with Gasteiger partial charge >= 0.3 is 0 Å². The van der Waals surface area contributed by atoms with Crippen LogP contribution in [0.2, 0.25) is 0 Å². The number of aromatic nitrogens is 1. The van der Waals surface area contributed by atoms with Gasteiger partial charge in [-0.2, -0.15) is 0 Å². The van der Waals surface area contributed by atoms with Crippen LogP contribution in [-0.4, -0.2) is 65.2 Å². The second-order valence-electron chi connectivity index (χ2n) is 8.85. The summed E-state index contributed by atoms with van der Waals surface area (Å²) in [6, 6.07) is 11.6. The number of hydrogen-bond acceptors (Lipinski definition) is 4. The molecule has 4 rings (SSSR count). The van der Waals surface area contributed by atoms with E-state index in [0.29, 0.717) is 38.9 Å². The van der Waals surface area contributed by atoms with E-state index >= 15 is 0 Å². The topological polar surface area (TPSA) is 82.6 Å². The minimum Gasteiger partial charge on any atom is -0.359 e. The number of carbonyl (C=O) groups excluding carboxylic acids is 3. The zero-order valence-corrected chi connectivity index (χ0v) is 18.7. The van der Waals surface area contributed by atoms with Gasteiger partial charge in [0.05, 0.1) is 5.41 Å². The van der Waals surface area contributed by atoms with Crippen LogP contribution in [0, 0.1) is 5.41 Å². The molecule has 1 N–H and O–H groups in total. The molecule has 0 radical (unpaired) electrons. The minimum atomic E-state index is -0.688. The van der Waals surface area contributed by atoms with Crippen molar-refractivity contribution < 1.29 is 14.4 Å². The molecule has 7 heteroatoms. The highest BCUT2D eigenvalue weighted by Crippen LogP contribution is 2.36. The lowest BCUT2D eigenvalue weighted by Crippen LogP contribution is -2.49. The minimum absolute atomic E-state index is 0.0369. The highest BCUT2D eigenvalue weighted by molar-refractivity contribution is 5.90. The predicted molar refractivity (Wildman–Crippen MR) is 121 cm³/mol. The summed E-state index contributed by atoms with van der Waals surface area (Å²) < 4.78 is 0. The van der Waals surface area contributed by atoms with Gasteiger partial charge in [-0.25, -0.2) is 0 Å². The smallest absolute Gasteiger partial charge is 0.245 e. The number of likely N-dealkylation sites (tertiary alicyclic amines) is 2. The average Bonchev–Trinajstić information content (AvgIpc) is 3.45. The molecule has 1 aromatic heterocycles. The van der Waals surface area contributed by atoms with Gasteiger partial charge in [-0.1, -0.05) is 30.3 Å². The van der Waals surface area contributed by atoms with Gasteiger partial charge in [0.1, 0.15) is 6.04 Å². The summed E-state index contributed by atoms with van der Waals surface area (Å²) >= 11 is 0. The zero-order chi connectivity index (χ0) is 22.7. The Kier molecular flexibility index (Phi) is 6.26. The van der Waals surface area contributed by atoms with Crippen molar-refractivity contribution in [3.8, 4) is 11.1 Å². The Bertz CT molecular complexity index is 1010. The highest BCUT2D eigenvalue weighted by atomic mass is 16.2. The molecule has 7 nitrogen and oxygen atoms in total. The Balaban J connectivity index is 1.54. The van der Waals surface area contributed by atoms with Crippen LogP contribution in [0.15, 0.2) is 48.8 Å². The fraction of sp³-hybridized carbons (Fsp3) is 0.440. The fourth-order valence-electron chi connectivity index (χ4n) is 5.00. The Morgan fingerprint density at radius 2 is 2.00 bits per heavy atom. The summed E-state index contributed by atoms with van der Waals surface area (Å²) in [6.45, 7) is 3.29. The van der Waals surface area contributed by atoms with Crippen LogP contribution in [0.4, 0.5) is 0 Å². The molecule has 2 fully saturated rings. The molecule has 2 saturated heterocycles. The lowest BCUT2D eigenvalue weighted by Gasteiger charge is -2.30. The van der Waals surface area contributed by atoms with E-state index in [0.717, 1.165) is 23.1 Å². The summed E-state index contributed by atoms with van der Waals surface area (Å²) in [4.78, 5) is 45.9. The average molecular weight is 435 g/mol. The summed E-state index contributed by atoms with van der Waals surface area (Å²) in [7, 11) is 1.64. The summed E-state index contributed by atoms with van der Waals surface area (Å²) in [5.74, 6) is -0.0885. The van der Waals surface area contributed by atoms with Crippen LogP contribution < -0.4 is 5.32 Å². The molecule has 0 spiro atoms. The molecule has 32 heavy (non-hydrogen) atoms. The number of benzene rings is 1. The van der Waals surface area contributed by atoms with Crippen molar-refractivity contribution >= 4 is 17.7 Å². The molecule has 2 atom stereocenters. The van der Waals surface area contributed by atoms with Crippen molar-refractivity contribution in [3.63, 3.8) is 0 Å². The van der Waals surface area contributed by atoms with E-state index in [9.17, 15) is 14.4 Å². The lowest BCUT2D eigenvalue weighted by atomic mass is 9.79. The highest BCUT2D eigenvalue weighted by Gasteiger charge is 2.47. The van der Waals surface area contributed by atoms with Crippen LogP contribution in [0.25, 0.3) is 11.1 Å². The maximum absolute atomic E-state index is 13.2. The van der Waals surface area contributed by atoms with E-state index in [1.165, 1.54) is 0 Å². The Labute approximate surface area is 188 Å². The molecule has 1 aromatic carbocycles. The normalized spacial score (nSPS) is 21.6. The van der Waals surface area contributed by atoms with Crippen LogP contribution in [0.3, 0.4) is 0 Å². The maximum atomic E-state index is 13.2. The third-order valence-corrected chi connectivity index (χ3v) is 6.77. The van der Waals surface area contributed by atoms with E-state index in [1.807, 2.05) is 36.5 Å². The number of rotatable bonds is 6. The van der Waals surface area contributed by atoms with Crippen molar-refractivity contribution in [2.75, 3.05) is 26.7 Å². The standard InChI is InChI=1S/C25H30N4O3/c1-18(29-12-5-9-22(29)30)23(31)28-13-10-25(17-28,24(32)26-2)15-19-6-3-7-20(14-19)21-8-4-11-27-16-21/h3-4,6-8,11,14,16,18H,5,9-10,12-13,15,17H2,1-2H3,(H,26,32)/t18-,25-/m0/s1. The summed E-state index contributed by atoms with van der Waals surface area (Å²) in [5, 5.41) is 2.81. The fourth-order valence-corrected chi connectivity index (χ4v) is 5.00. The van der Waals surface area contributed by atoms with Gasteiger partial charge in [-0.15, -0.1) is 0 Å². The molecule has 0 bridgehead atoms. The summed E-state index contributed by atoms with van der Waals surface area (Å²) in [5.41, 5.74) is 2.43. The van der Waals surface area contributed by atoms with Crippen LogP contribution >= 0.6 is 0 Å². The molecular weight excluding hydrogens is 404 g/mol. The third kappa shape index (κ3) is 4.24. The van der Waals surface area contributed by atoms with Crippen molar-refractivity contribution in [1.82, 2.24) is 20.1 Å². The van der Waals surface area contributed by atoms with Gasteiger partial charge in [-0.05, 0) is 48.9 Å². The van der Waals surface area contributed by atoms with E-state index in [4.69, 9.17) is 0 Å². The van der Waals surface area contributed by atoms with Gasteiger partial charge in [0.15, 0.2) is 0 Å². The quantitative estimate of drug-likeness (QED) is 0.756. The molecular formula is C25H30N4O3. The Morgan fingerprint density at radius 1 is 1.19 bits per heavy atom. The molecule has 0 unspecified atom stereocenters. The van der Waals surface area contributed by atoms with E-state index in [-0.39, 0.29) is 17.7 Å². The van der Waals surface area contributed by atoms with Gasteiger partial charge in [0.25, 0.3) is 0 Å². The number of pyridine rings is 1. The van der Waals surface area contributed by atoms with Gasteiger partial charge < -0.3 is 15.1 Å². The lowest BCUT2D eigenvalue weighted by molar-refractivity contribution is -0.142. The molecule has 168 valence electrons. The van der Waals surface area contributed by atoms with E-state index in [2.05, 4.69) is 16.4 Å². The molecule has 3 amide bonds. The Hall–Kier alpha value is -3.22. The van der Waals surface area contributed by atoms with Crippen molar-refractivity contribution in [1.29, 1.82) is 0 Å².